The monoisotopic (exact) mass is 370 g/mol. The molecule has 1 heterocycles. The van der Waals surface area contributed by atoms with E-state index in [1.54, 1.807) is 36.5 Å². The highest BCUT2D eigenvalue weighted by atomic mass is 16.3. The van der Waals surface area contributed by atoms with E-state index in [1.165, 1.54) is 0 Å². The zero-order chi connectivity index (χ0) is 19.5. The number of nitrogens with one attached hydrogen (secondary N) is 2. The van der Waals surface area contributed by atoms with Crippen molar-refractivity contribution < 1.29 is 9.90 Å². The van der Waals surface area contributed by atoms with Gasteiger partial charge in [-0.1, -0.05) is 48.5 Å². The molecule has 0 saturated heterocycles. The molecule has 1 amide bonds. The van der Waals surface area contributed by atoms with Gasteiger partial charge in [-0.3, -0.25) is 9.59 Å². The minimum Gasteiger partial charge on any atom is -0.507 e. The molecule has 0 aliphatic rings. The number of amides is 1. The molecule has 0 radical (unpaired) electrons. The molecular formula is C23H18N2O3. The van der Waals surface area contributed by atoms with Crippen LogP contribution in [0.3, 0.4) is 0 Å². The summed E-state index contributed by atoms with van der Waals surface area (Å²) in [5.41, 5.74) is 2.92. The maximum atomic E-state index is 12.2. The smallest absolute Gasteiger partial charge is 0.255 e. The van der Waals surface area contributed by atoms with Gasteiger partial charge in [0.1, 0.15) is 5.75 Å². The van der Waals surface area contributed by atoms with Crippen molar-refractivity contribution in [2.45, 2.75) is 6.42 Å². The van der Waals surface area contributed by atoms with Gasteiger partial charge in [0.15, 0.2) is 0 Å². The Morgan fingerprint density at radius 2 is 1.68 bits per heavy atom. The third-order valence-electron chi connectivity index (χ3n) is 4.59. The van der Waals surface area contributed by atoms with E-state index in [9.17, 15) is 14.7 Å². The first-order valence-electron chi connectivity index (χ1n) is 8.89. The number of aromatic amines is 1. The van der Waals surface area contributed by atoms with Crippen LogP contribution in [0.15, 0.2) is 83.8 Å². The molecule has 0 unspecified atom stereocenters. The number of hydrogen-bond donors (Lipinski definition) is 3. The van der Waals surface area contributed by atoms with E-state index in [-0.39, 0.29) is 17.2 Å². The van der Waals surface area contributed by atoms with Gasteiger partial charge in [-0.25, -0.2) is 0 Å². The molecular weight excluding hydrogens is 352 g/mol. The third-order valence-corrected chi connectivity index (χ3v) is 4.59. The molecule has 0 aliphatic heterocycles. The lowest BCUT2D eigenvalue weighted by atomic mass is 10.00. The summed E-state index contributed by atoms with van der Waals surface area (Å²) >= 11 is 0. The Bertz CT molecular complexity index is 1200. The molecule has 1 aromatic heterocycles. The van der Waals surface area contributed by atoms with E-state index in [2.05, 4.69) is 10.3 Å². The molecule has 0 fully saturated rings. The predicted octanol–water partition coefficient (Wildman–Crippen LogP) is 4.08. The Hall–Kier alpha value is -3.86. The quantitative estimate of drug-likeness (QED) is 0.506. The zero-order valence-electron chi connectivity index (χ0n) is 15.0. The van der Waals surface area contributed by atoms with Crippen molar-refractivity contribution >= 4 is 22.4 Å². The number of aromatic hydroxyl groups is 1. The second-order valence-electron chi connectivity index (χ2n) is 6.52. The van der Waals surface area contributed by atoms with Gasteiger partial charge in [0.25, 0.3) is 5.56 Å². The van der Waals surface area contributed by atoms with Crippen molar-refractivity contribution in [3.63, 3.8) is 0 Å². The van der Waals surface area contributed by atoms with Crippen molar-refractivity contribution in [1.82, 2.24) is 4.98 Å². The maximum absolute atomic E-state index is 12.2. The van der Waals surface area contributed by atoms with Crippen LogP contribution in [0.1, 0.15) is 5.56 Å². The number of aromatic nitrogens is 1. The molecule has 4 rings (SSSR count). The lowest BCUT2D eigenvalue weighted by molar-refractivity contribution is -0.115. The number of anilines is 1. The second kappa shape index (κ2) is 7.40. The normalized spacial score (nSPS) is 10.7. The van der Waals surface area contributed by atoms with E-state index in [0.29, 0.717) is 22.9 Å². The number of phenols is 1. The molecule has 3 N–H and O–H groups in total. The molecule has 0 spiro atoms. The number of pyridine rings is 1. The summed E-state index contributed by atoms with van der Waals surface area (Å²) < 4.78 is 0. The van der Waals surface area contributed by atoms with E-state index in [4.69, 9.17) is 0 Å². The molecule has 5 heteroatoms. The Labute approximate surface area is 161 Å². The van der Waals surface area contributed by atoms with Gasteiger partial charge in [0.2, 0.25) is 5.91 Å². The van der Waals surface area contributed by atoms with Crippen LogP contribution in [0.4, 0.5) is 5.69 Å². The average Bonchev–Trinajstić information content (AvgIpc) is 2.70. The summed E-state index contributed by atoms with van der Waals surface area (Å²) in [5, 5.41) is 14.1. The van der Waals surface area contributed by atoms with Crippen LogP contribution in [-0.4, -0.2) is 16.0 Å². The van der Waals surface area contributed by atoms with Crippen LogP contribution < -0.4 is 10.9 Å². The Kier molecular flexibility index (Phi) is 4.64. The van der Waals surface area contributed by atoms with Crippen LogP contribution in [0.5, 0.6) is 5.75 Å². The number of hydrogen-bond acceptors (Lipinski definition) is 3. The van der Waals surface area contributed by atoms with Crippen LogP contribution in [-0.2, 0) is 11.2 Å². The largest absolute Gasteiger partial charge is 0.507 e. The zero-order valence-corrected chi connectivity index (χ0v) is 15.0. The topological polar surface area (TPSA) is 82.2 Å². The number of H-pyrrole nitrogens is 1. The fourth-order valence-corrected chi connectivity index (χ4v) is 3.25. The molecule has 4 aromatic rings. The molecule has 138 valence electrons. The fourth-order valence-electron chi connectivity index (χ4n) is 3.25. The van der Waals surface area contributed by atoms with E-state index in [1.807, 2.05) is 42.5 Å². The first-order chi connectivity index (χ1) is 13.6. The van der Waals surface area contributed by atoms with Crippen LogP contribution in [0.25, 0.3) is 21.9 Å². The Morgan fingerprint density at radius 1 is 0.929 bits per heavy atom. The summed E-state index contributed by atoms with van der Waals surface area (Å²) in [5.74, 6) is -0.0371. The van der Waals surface area contributed by atoms with Crippen molar-refractivity contribution in [3.05, 3.63) is 94.9 Å². The minimum atomic E-state index is -0.251. The van der Waals surface area contributed by atoms with Crippen molar-refractivity contribution in [3.8, 4) is 16.9 Å². The lowest BCUT2D eigenvalue weighted by Gasteiger charge is -2.10. The summed E-state index contributed by atoms with van der Waals surface area (Å²) in [4.78, 5) is 26.9. The van der Waals surface area contributed by atoms with Crippen LogP contribution in [0.2, 0.25) is 0 Å². The fraction of sp³-hybridized carbons (Fsp3) is 0.0435. The van der Waals surface area contributed by atoms with Crippen LogP contribution in [0, 0.1) is 0 Å². The van der Waals surface area contributed by atoms with Gasteiger partial charge in [-0.15, -0.1) is 0 Å². The van der Waals surface area contributed by atoms with E-state index in [0.717, 1.165) is 16.7 Å². The number of benzene rings is 3. The second-order valence-corrected chi connectivity index (χ2v) is 6.52. The van der Waals surface area contributed by atoms with Gasteiger partial charge in [0, 0.05) is 22.8 Å². The van der Waals surface area contributed by atoms with Gasteiger partial charge >= 0.3 is 0 Å². The molecule has 0 bridgehead atoms. The lowest BCUT2D eigenvalue weighted by Crippen LogP contribution is -2.14. The van der Waals surface area contributed by atoms with Gasteiger partial charge in [-0.2, -0.15) is 0 Å². The average molecular weight is 370 g/mol. The highest BCUT2D eigenvalue weighted by molar-refractivity contribution is 6.00. The van der Waals surface area contributed by atoms with Gasteiger partial charge in [-0.05, 0) is 35.4 Å². The van der Waals surface area contributed by atoms with Gasteiger partial charge in [0.05, 0.1) is 11.8 Å². The molecule has 28 heavy (non-hydrogen) atoms. The number of carbonyl (C=O) groups excluding carboxylic acids is 1. The number of phenolic OH excluding ortho intramolecular Hbond substituents is 1. The summed E-state index contributed by atoms with van der Waals surface area (Å²) in [7, 11) is 0. The Morgan fingerprint density at radius 3 is 2.43 bits per heavy atom. The van der Waals surface area contributed by atoms with E-state index < -0.39 is 0 Å². The highest BCUT2D eigenvalue weighted by Gasteiger charge is 2.11. The van der Waals surface area contributed by atoms with Gasteiger partial charge < -0.3 is 15.4 Å². The molecule has 0 aliphatic carbocycles. The predicted molar refractivity (Wildman–Crippen MR) is 110 cm³/mol. The maximum Gasteiger partial charge on any atom is 0.255 e. The summed E-state index contributed by atoms with van der Waals surface area (Å²) in [6, 6.07) is 21.7. The Balaban J connectivity index is 1.59. The standard InChI is InChI=1S/C23H18N2O3/c26-20-8-4-7-18-22(20)19(14-24-23(18)28)16-9-11-17(12-10-16)25-21(27)13-15-5-2-1-3-6-15/h1-12,14,26H,13H2,(H,24,28)(H,25,27). The first kappa shape index (κ1) is 17.5. The number of fused-ring (bicyclic) bond motifs is 1. The van der Waals surface area contributed by atoms with Crippen molar-refractivity contribution in [2.24, 2.45) is 0 Å². The minimum absolute atomic E-state index is 0.0545. The summed E-state index contributed by atoms with van der Waals surface area (Å²) in [6.07, 6.45) is 1.90. The highest BCUT2D eigenvalue weighted by Crippen LogP contribution is 2.32. The van der Waals surface area contributed by atoms with E-state index >= 15 is 0 Å². The van der Waals surface area contributed by atoms with Crippen LogP contribution >= 0.6 is 0 Å². The van der Waals surface area contributed by atoms with Crippen molar-refractivity contribution in [1.29, 1.82) is 0 Å². The molecule has 0 saturated carbocycles. The molecule has 5 nitrogen and oxygen atoms in total. The van der Waals surface area contributed by atoms with Crippen molar-refractivity contribution in [2.75, 3.05) is 5.32 Å². The SMILES string of the molecule is O=C(Cc1ccccc1)Nc1ccc(-c2c[nH]c(=O)c3cccc(O)c23)cc1. The number of rotatable bonds is 4. The third kappa shape index (κ3) is 3.50. The number of carbonyl (C=O) groups is 1. The molecule has 0 atom stereocenters. The molecule has 3 aromatic carbocycles. The summed E-state index contributed by atoms with van der Waals surface area (Å²) in [6.45, 7) is 0. The first-order valence-corrected chi connectivity index (χ1v) is 8.89.